The van der Waals surface area contributed by atoms with Gasteiger partial charge in [0.15, 0.2) is 0 Å². The number of carbonyl (C=O) groups is 1. The molecule has 3 rings (SSSR count). The van der Waals surface area contributed by atoms with E-state index in [1.807, 2.05) is 17.5 Å². The predicted octanol–water partition coefficient (Wildman–Crippen LogP) is 4.37. The summed E-state index contributed by atoms with van der Waals surface area (Å²) in [5, 5.41) is 11.9. The molecule has 0 atom stereocenters. The third-order valence-electron chi connectivity index (χ3n) is 2.72. The molecule has 1 amide bonds. The first-order chi connectivity index (χ1) is 11.1. The molecule has 1 aromatic carbocycles. The largest absolute Gasteiger partial charge is 0.402 e. The molecule has 0 aliphatic carbocycles. The zero-order valence-corrected chi connectivity index (χ0v) is 13.0. The van der Waals surface area contributed by atoms with E-state index in [1.54, 1.807) is 0 Å². The van der Waals surface area contributed by atoms with Gasteiger partial charge in [-0.3, -0.25) is 10.1 Å². The molecule has 0 unspecified atom stereocenters. The van der Waals surface area contributed by atoms with Gasteiger partial charge in [-0.05, 0) is 35.7 Å². The smallest absolute Gasteiger partial charge is 0.322 e. The average molecular weight is 353 g/mol. The quantitative estimate of drug-likeness (QED) is 0.690. The number of amides is 1. The molecule has 2 heterocycles. The maximum atomic E-state index is 12.2. The van der Waals surface area contributed by atoms with E-state index in [1.165, 1.54) is 35.6 Å². The van der Waals surface area contributed by atoms with Gasteiger partial charge in [-0.25, -0.2) is 0 Å². The molecule has 5 nitrogen and oxygen atoms in total. The van der Waals surface area contributed by atoms with Crippen molar-refractivity contribution in [1.82, 2.24) is 10.2 Å². The number of alkyl halides is 2. The van der Waals surface area contributed by atoms with Gasteiger partial charge in [0.05, 0.1) is 4.88 Å². The molecule has 0 saturated carbocycles. The lowest BCUT2D eigenvalue weighted by Gasteiger charge is -2.03. The second-order valence-electron chi connectivity index (χ2n) is 4.25. The van der Waals surface area contributed by atoms with Crippen molar-refractivity contribution in [2.75, 3.05) is 5.32 Å². The summed E-state index contributed by atoms with van der Waals surface area (Å²) in [4.78, 5) is 13.2. The third-order valence-corrected chi connectivity index (χ3v) is 4.30. The van der Waals surface area contributed by atoms with Crippen LogP contribution in [0.15, 0.2) is 51.1 Å². The van der Waals surface area contributed by atoms with Crippen LogP contribution in [0.3, 0.4) is 0 Å². The number of rotatable bonds is 5. The lowest BCUT2D eigenvalue weighted by Crippen LogP contribution is -2.11. The molecule has 0 aliphatic rings. The van der Waals surface area contributed by atoms with Crippen molar-refractivity contribution in [3.63, 3.8) is 0 Å². The van der Waals surface area contributed by atoms with Crippen LogP contribution in [0.4, 0.5) is 14.8 Å². The Kier molecular flexibility index (Phi) is 4.68. The second-order valence-corrected chi connectivity index (χ2v) is 6.26. The van der Waals surface area contributed by atoms with Gasteiger partial charge < -0.3 is 4.42 Å². The molecule has 0 spiro atoms. The maximum Gasteiger partial charge on any atom is 0.322 e. The molecule has 0 bridgehead atoms. The van der Waals surface area contributed by atoms with Crippen LogP contribution in [0.5, 0.6) is 0 Å². The Morgan fingerprint density at radius 1 is 1.22 bits per heavy atom. The molecule has 2 aromatic heterocycles. The van der Waals surface area contributed by atoms with Gasteiger partial charge in [-0.15, -0.1) is 16.4 Å². The topological polar surface area (TPSA) is 68.0 Å². The minimum absolute atomic E-state index is 0.0237. The number of benzene rings is 1. The number of carbonyl (C=O) groups excluding carboxylic acids is 1. The molecule has 118 valence electrons. The fourth-order valence-electron chi connectivity index (χ4n) is 1.73. The number of hydrogen-bond donors (Lipinski definition) is 1. The highest BCUT2D eigenvalue weighted by Gasteiger charge is 2.13. The number of anilines is 1. The Hall–Kier alpha value is -2.26. The van der Waals surface area contributed by atoms with Gasteiger partial charge in [-0.1, -0.05) is 22.9 Å². The lowest BCUT2D eigenvalue weighted by molar-refractivity contribution is 0.102. The molecule has 0 saturated heterocycles. The Morgan fingerprint density at radius 2 is 2.00 bits per heavy atom. The number of thioether (sulfide) groups is 1. The Balaban J connectivity index is 1.67. The van der Waals surface area contributed by atoms with E-state index in [2.05, 4.69) is 15.5 Å². The highest BCUT2D eigenvalue weighted by atomic mass is 32.2. The van der Waals surface area contributed by atoms with Crippen LogP contribution in [-0.2, 0) is 0 Å². The van der Waals surface area contributed by atoms with Crippen LogP contribution in [0.2, 0.25) is 0 Å². The van der Waals surface area contributed by atoms with Gasteiger partial charge in [0.2, 0.25) is 0 Å². The molecule has 23 heavy (non-hydrogen) atoms. The Morgan fingerprint density at radius 3 is 2.65 bits per heavy atom. The SMILES string of the molecule is O=C(Nc1nnc(-c2cccs2)o1)c1ccc(SC(F)F)cc1. The van der Waals surface area contributed by atoms with Gasteiger partial charge >= 0.3 is 6.01 Å². The van der Waals surface area contributed by atoms with E-state index >= 15 is 0 Å². The zero-order valence-electron chi connectivity index (χ0n) is 11.4. The number of nitrogens with one attached hydrogen (secondary N) is 1. The number of halogens is 2. The Labute approximate surface area is 137 Å². The summed E-state index contributed by atoms with van der Waals surface area (Å²) in [5.74, 6) is -2.64. The van der Waals surface area contributed by atoms with E-state index in [4.69, 9.17) is 4.42 Å². The van der Waals surface area contributed by atoms with Gasteiger partial charge in [0, 0.05) is 10.5 Å². The van der Waals surface area contributed by atoms with Crippen molar-refractivity contribution in [2.45, 2.75) is 10.7 Å². The lowest BCUT2D eigenvalue weighted by atomic mass is 10.2. The minimum atomic E-state index is -2.50. The normalized spacial score (nSPS) is 10.9. The summed E-state index contributed by atoms with van der Waals surface area (Å²) in [7, 11) is 0. The summed E-state index contributed by atoms with van der Waals surface area (Å²) in [6, 6.07) is 9.47. The molecule has 0 fully saturated rings. The van der Waals surface area contributed by atoms with E-state index in [9.17, 15) is 13.6 Å². The van der Waals surface area contributed by atoms with Crippen molar-refractivity contribution in [3.8, 4) is 10.8 Å². The van der Waals surface area contributed by atoms with Crippen LogP contribution in [0.25, 0.3) is 10.8 Å². The van der Waals surface area contributed by atoms with Gasteiger partial charge in [0.25, 0.3) is 17.6 Å². The standard InChI is InChI=1S/C14H9F2N3O2S2/c15-13(16)23-9-5-3-8(4-6-9)11(20)17-14-19-18-12(21-14)10-2-1-7-22-10/h1-7,13H,(H,17,19,20). The van der Waals surface area contributed by atoms with E-state index in [0.717, 1.165) is 4.88 Å². The number of thiophene rings is 1. The minimum Gasteiger partial charge on any atom is -0.402 e. The fraction of sp³-hybridized carbons (Fsp3) is 0.0714. The first-order valence-electron chi connectivity index (χ1n) is 6.35. The summed E-state index contributed by atoms with van der Waals surface area (Å²) in [6.07, 6.45) is 0. The highest BCUT2D eigenvalue weighted by molar-refractivity contribution is 7.99. The van der Waals surface area contributed by atoms with Crippen molar-refractivity contribution < 1.29 is 18.0 Å². The van der Waals surface area contributed by atoms with E-state index in [-0.39, 0.29) is 6.01 Å². The van der Waals surface area contributed by atoms with Crippen LogP contribution in [0.1, 0.15) is 10.4 Å². The summed E-state index contributed by atoms with van der Waals surface area (Å²) < 4.78 is 29.8. The van der Waals surface area contributed by atoms with Crippen molar-refractivity contribution >= 4 is 35.0 Å². The second kappa shape index (κ2) is 6.88. The molecule has 9 heteroatoms. The number of hydrogen-bond acceptors (Lipinski definition) is 6. The molecule has 0 radical (unpaired) electrons. The molecule has 0 aliphatic heterocycles. The zero-order chi connectivity index (χ0) is 16.2. The van der Waals surface area contributed by atoms with Crippen molar-refractivity contribution in [3.05, 3.63) is 47.3 Å². The van der Waals surface area contributed by atoms with E-state index in [0.29, 0.717) is 28.1 Å². The van der Waals surface area contributed by atoms with Gasteiger partial charge in [-0.2, -0.15) is 8.78 Å². The van der Waals surface area contributed by atoms with Crippen molar-refractivity contribution in [1.29, 1.82) is 0 Å². The van der Waals surface area contributed by atoms with E-state index < -0.39 is 11.7 Å². The first kappa shape index (κ1) is 15.6. The number of nitrogens with zero attached hydrogens (tertiary/aromatic N) is 2. The van der Waals surface area contributed by atoms with Crippen LogP contribution in [-0.4, -0.2) is 21.9 Å². The molecule has 3 aromatic rings. The summed E-state index contributed by atoms with van der Waals surface area (Å²) in [5.41, 5.74) is 0.305. The monoisotopic (exact) mass is 353 g/mol. The first-order valence-corrected chi connectivity index (χ1v) is 8.11. The van der Waals surface area contributed by atoms with Gasteiger partial charge in [0.1, 0.15) is 0 Å². The Bertz CT molecular complexity index is 789. The van der Waals surface area contributed by atoms with Crippen LogP contribution >= 0.6 is 23.1 Å². The third kappa shape index (κ3) is 3.93. The van der Waals surface area contributed by atoms with Crippen LogP contribution < -0.4 is 5.32 Å². The summed E-state index contributed by atoms with van der Waals surface area (Å²) >= 11 is 1.86. The fourth-order valence-corrected chi connectivity index (χ4v) is 2.87. The highest BCUT2D eigenvalue weighted by Crippen LogP contribution is 2.26. The van der Waals surface area contributed by atoms with Crippen molar-refractivity contribution in [2.24, 2.45) is 0 Å². The number of aromatic nitrogens is 2. The molecular formula is C14H9F2N3O2S2. The summed E-state index contributed by atoms with van der Waals surface area (Å²) in [6.45, 7) is 0. The molecular weight excluding hydrogens is 344 g/mol. The maximum absolute atomic E-state index is 12.2. The van der Waals surface area contributed by atoms with Crippen LogP contribution in [0, 0.1) is 0 Å². The average Bonchev–Trinajstić information content (AvgIpc) is 3.18. The predicted molar refractivity (Wildman–Crippen MR) is 83.9 cm³/mol. The molecule has 1 N–H and O–H groups in total.